The fourth-order valence-electron chi connectivity index (χ4n) is 13.8. The molecule has 0 bridgehead atoms. The Kier molecular flexibility index (Phi) is 29.8. The molecule has 4 fully saturated rings. The summed E-state index contributed by atoms with van der Waals surface area (Å²) in [5.41, 5.74) is -2.17. The molecule has 2 aliphatic heterocycles. The van der Waals surface area contributed by atoms with Gasteiger partial charge in [-0.05, 0) is 86.1 Å². The zero-order valence-corrected chi connectivity index (χ0v) is 62.1. The smallest absolute Gasteiger partial charge is 0.378 e. The summed E-state index contributed by atoms with van der Waals surface area (Å²) in [5, 5.41) is 8.10. The fraction of sp³-hybridized carbons (Fsp3) is 0.662. The molecule has 8 atom stereocenters. The van der Waals surface area contributed by atoms with Gasteiger partial charge in [-0.25, -0.2) is 0 Å². The van der Waals surface area contributed by atoms with Gasteiger partial charge in [0.1, 0.15) is 47.8 Å². The summed E-state index contributed by atoms with van der Waals surface area (Å²) in [4.78, 5) is 188. The van der Waals surface area contributed by atoms with Crippen molar-refractivity contribution in [1.29, 1.82) is 0 Å². The molecule has 2 saturated heterocycles. The third-order valence-corrected chi connectivity index (χ3v) is 21.4. The Hall–Kier alpha value is -7.59. The van der Waals surface area contributed by atoms with Gasteiger partial charge in [-0.1, -0.05) is 127 Å². The molecule has 6 rings (SSSR count). The number of alkyl halides is 3. The molecule has 2 aliphatic carbocycles. The Morgan fingerprint density at radius 1 is 0.653 bits per heavy atom. The lowest BCUT2D eigenvalue weighted by Crippen LogP contribution is -2.65. The number of nitrogens with one attached hydrogen (secondary N) is 3. The first-order valence-electron chi connectivity index (χ1n) is 34.9. The van der Waals surface area contributed by atoms with Crippen LogP contribution in [0.5, 0.6) is 0 Å². The second-order valence-electron chi connectivity index (χ2n) is 28.2. The molecule has 2 aromatic carbocycles. The number of carbonyl (C=O) groups is 12. The molecule has 0 radical (unpaired) electrons. The number of rotatable bonds is 11. The van der Waals surface area contributed by atoms with Crippen LogP contribution in [0.2, 0.25) is 10.0 Å². The molecule has 3 N–H and O–H groups in total. The largest absolute Gasteiger partial charge is 0.417 e. The Morgan fingerprint density at radius 2 is 1.27 bits per heavy atom. The Bertz CT molecular complexity index is 3330. The first kappa shape index (κ1) is 82.4. The number of benzene rings is 2. The second kappa shape index (κ2) is 36.5. The third kappa shape index (κ3) is 21.1. The number of likely N-dealkylation sites (N-methyl/N-ethyl adjacent to an activating group) is 8. The monoisotopic (exact) mass is 1460 g/mol. The van der Waals surface area contributed by atoms with Crippen molar-refractivity contribution in [2.75, 3.05) is 102 Å². The average Bonchev–Trinajstić information content (AvgIpc) is 1.76. The maximum Gasteiger partial charge on any atom is 0.417 e. The maximum atomic E-state index is 15.6. The zero-order valence-electron chi connectivity index (χ0n) is 60.6. The number of carbonyl (C=O) groups excluding carboxylic acids is 12. The summed E-state index contributed by atoms with van der Waals surface area (Å²) in [6, 6.07) is 0.0334. The topological polar surface area (TPSA) is 279 Å². The van der Waals surface area contributed by atoms with Crippen LogP contribution in [0.3, 0.4) is 0 Å². The van der Waals surface area contributed by atoms with Crippen molar-refractivity contribution in [3.8, 4) is 0 Å². The Balaban J connectivity index is 1.46. The van der Waals surface area contributed by atoms with Crippen molar-refractivity contribution < 1.29 is 75.4 Å². The van der Waals surface area contributed by atoms with Crippen LogP contribution in [0.1, 0.15) is 135 Å². The lowest BCUT2D eigenvalue weighted by molar-refractivity contribution is -0.157. The van der Waals surface area contributed by atoms with Crippen LogP contribution < -0.4 is 16.0 Å². The highest BCUT2D eigenvalue weighted by molar-refractivity contribution is 6.31. The van der Waals surface area contributed by atoms with Gasteiger partial charge < -0.3 is 64.8 Å². The van der Waals surface area contributed by atoms with E-state index in [0.29, 0.717) is 24.8 Å². The van der Waals surface area contributed by atoms with Gasteiger partial charge in [-0.15, -0.1) is 0 Å². The molecule has 0 aromatic heterocycles. The molecular weight excluding hydrogens is 1360 g/mol. The summed E-state index contributed by atoms with van der Waals surface area (Å²) in [6.45, 7) is 7.12. The summed E-state index contributed by atoms with van der Waals surface area (Å²) in [6.07, 6.45) is -0.326. The van der Waals surface area contributed by atoms with E-state index in [0.717, 1.165) is 73.6 Å². The summed E-state index contributed by atoms with van der Waals surface area (Å²) in [7, 11) is 10.9. The number of aryl methyl sites for hydroxylation is 1. The van der Waals surface area contributed by atoms with Crippen LogP contribution in [0.25, 0.3) is 0 Å². The number of hydrogen-bond acceptors (Lipinski definition) is 13. The molecule has 25 nitrogen and oxygen atoms in total. The zero-order chi connectivity index (χ0) is 75.1. The van der Waals surface area contributed by atoms with Gasteiger partial charge in [0.15, 0.2) is 0 Å². The number of amides is 12. The van der Waals surface area contributed by atoms with Gasteiger partial charge in [-0.3, -0.25) is 57.5 Å². The minimum atomic E-state index is -4.79. The van der Waals surface area contributed by atoms with E-state index >= 15 is 19.2 Å². The van der Waals surface area contributed by atoms with Gasteiger partial charge in [-0.2, -0.15) is 13.2 Å². The van der Waals surface area contributed by atoms with E-state index in [2.05, 4.69) is 16.0 Å². The maximum absolute atomic E-state index is 15.6. The Morgan fingerprint density at radius 3 is 1.86 bits per heavy atom. The lowest BCUT2D eigenvalue weighted by Gasteiger charge is -2.42. The highest BCUT2D eigenvalue weighted by Crippen LogP contribution is 2.37. The molecule has 4 aliphatic rings. The number of nitrogens with zero attached hydrogens (tertiary/aromatic N) is 9. The van der Waals surface area contributed by atoms with Gasteiger partial charge in [0.25, 0.3) is 0 Å². The van der Waals surface area contributed by atoms with Crippen LogP contribution >= 0.6 is 23.2 Å². The predicted molar refractivity (Wildman–Crippen MR) is 372 cm³/mol. The predicted octanol–water partition coefficient (Wildman–Crippen LogP) is 5.05. The second-order valence-corrected chi connectivity index (χ2v) is 29.0. The molecule has 101 heavy (non-hydrogen) atoms. The third-order valence-electron chi connectivity index (χ3n) is 20.7. The van der Waals surface area contributed by atoms with E-state index < -0.39 is 173 Å². The van der Waals surface area contributed by atoms with Crippen molar-refractivity contribution in [2.45, 2.75) is 185 Å². The lowest BCUT2D eigenvalue weighted by atomic mass is 9.84. The van der Waals surface area contributed by atoms with Gasteiger partial charge in [0.05, 0.1) is 49.9 Å². The average molecular weight is 1460 g/mol. The highest BCUT2D eigenvalue weighted by Gasteiger charge is 2.50. The van der Waals surface area contributed by atoms with Gasteiger partial charge in [0.2, 0.25) is 70.9 Å². The Labute approximate surface area is 601 Å². The van der Waals surface area contributed by atoms with E-state index in [4.69, 9.17) is 27.9 Å². The van der Waals surface area contributed by atoms with Crippen molar-refractivity contribution in [2.24, 2.45) is 17.8 Å². The van der Waals surface area contributed by atoms with Crippen LogP contribution in [-0.2, 0) is 81.3 Å². The van der Waals surface area contributed by atoms with Crippen LogP contribution in [0.15, 0.2) is 42.5 Å². The molecule has 30 heteroatoms. The van der Waals surface area contributed by atoms with Crippen LogP contribution in [0.4, 0.5) is 13.2 Å². The van der Waals surface area contributed by atoms with Crippen molar-refractivity contribution in [1.82, 2.24) is 60.0 Å². The quantitative estimate of drug-likeness (QED) is 0.266. The molecule has 1 spiro atoms. The van der Waals surface area contributed by atoms with Crippen molar-refractivity contribution >= 4 is 94.1 Å². The van der Waals surface area contributed by atoms with E-state index in [1.54, 1.807) is 52.0 Å². The van der Waals surface area contributed by atoms with Crippen molar-refractivity contribution in [3.05, 3.63) is 69.2 Å². The normalized spacial score (nSPS) is 25.1. The van der Waals surface area contributed by atoms with E-state index in [1.807, 2.05) is 0 Å². The first-order valence-corrected chi connectivity index (χ1v) is 35.6. The van der Waals surface area contributed by atoms with Crippen LogP contribution in [-0.4, -0.2) is 265 Å². The van der Waals surface area contributed by atoms with Gasteiger partial charge in [0, 0.05) is 80.9 Å². The first-order chi connectivity index (χ1) is 47.4. The molecule has 560 valence electrons. The molecule has 2 saturated carbocycles. The molecule has 12 amide bonds. The number of halogens is 5. The van der Waals surface area contributed by atoms with Crippen LogP contribution in [0, 0.1) is 17.8 Å². The standard InChI is InChI=1S/C71H103Cl2F3N12O13/c1-14-44(4)60-67(98)82(8)41-58(91)80(6)42-59(92)84(10)54(37-46-22-16-15-17-23-46)65(96)81(7)40-56(89)77-52(29-27-47-26-28-49(51(73)36-47)71(74,75)76)64(95)85(11)53(38-48-24-18-19-25-50(48)72)63(94)79-70(30-20-21-31-70)69(100)87(13)61(43(2)3)68(99)86(12)55(66(97)88-32-34-101-35-33-88)39-57(90)83(9)45(5)62(93)78-60/h18-19,24-26,28,36,43-46,52-55,60-61H,14-17,20-23,27,29-35,37-42H2,1-13H3,(H,77,89)(H,78,93)(H,79,94)/t44-,45-,52-,53-,54-,55-,60-,61-/m0/s1. The number of morpholine rings is 1. The van der Waals surface area contributed by atoms with Gasteiger partial charge >= 0.3 is 6.18 Å². The molecular formula is C71H103Cl2F3N12O13. The molecule has 0 unspecified atom stereocenters. The fourth-order valence-corrected chi connectivity index (χ4v) is 14.3. The number of hydrogen-bond donors (Lipinski definition) is 3. The molecule has 2 heterocycles. The highest BCUT2D eigenvalue weighted by atomic mass is 35.5. The minimum Gasteiger partial charge on any atom is -0.378 e. The SMILES string of the molecule is CC[C@H](C)[C@@H]1NC(=O)[C@H](C)N(C)C(=O)C[C@@H](C(=O)N2CCOCC2)N(C)C(=O)[C@H](C(C)C)N(C)C(=O)C2(CCCC2)NC(=O)[C@H](Cc2ccccc2Cl)N(C)C(=O)[C@H](CCc2ccc(C(F)(F)F)c(Cl)c2)NC(=O)CN(C)C(=O)[C@H](CC2CCCCC2)N(C)C(=O)CN(C)C(=O)CN(C)C1=O. The summed E-state index contributed by atoms with van der Waals surface area (Å²) in [5.74, 6) is -9.97. The van der Waals surface area contributed by atoms with E-state index in [9.17, 15) is 51.5 Å². The molecule has 2 aromatic rings. The summed E-state index contributed by atoms with van der Waals surface area (Å²) < 4.78 is 47.4. The van der Waals surface area contributed by atoms with E-state index in [-0.39, 0.29) is 81.3 Å². The van der Waals surface area contributed by atoms with Crippen molar-refractivity contribution in [3.63, 3.8) is 0 Å². The van der Waals surface area contributed by atoms with E-state index in [1.165, 1.54) is 84.1 Å². The summed E-state index contributed by atoms with van der Waals surface area (Å²) >= 11 is 12.9. The number of ether oxygens (including phenoxy) is 1. The minimum absolute atomic E-state index is 0.00985.